The summed E-state index contributed by atoms with van der Waals surface area (Å²) in [4.78, 5) is 0. The molecule has 33 heavy (non-hydrogen) atoms. The predicted octanol–water partition coefficient (Wildman–Crippen LogP) is 8.68. The number of fused-ring (bicyclic) bond motifs is 5. The quantitative estimate of drug-likeness (QED) is 0.307. The van der Waals surface area contributed by atoms with E-state index in [9.17, 15) is 5.11 Å². The normalized spacial score (nSPS) is 40.3. The van der Waals surface area contributed by atoms with Crippen LogP contribution in [0.25, 0.3) is 0 Å². The van der Waals surface area contributed by atoms with Crippen LogP contribution in [0, 0.1) is 46.3 Å². The minimum atomic E-state index is -0.0766. The molecule has 0 aromatic heterocycles. The summed E-state index contributed by atoms with van der Waals surface area (Å²) in [6, 6.07) is 0. The number of hydrogen-bond acceptors (Lipinski definition) is 2. The summed E-state index contributed by atoms with van der Waals surface area (Å²) >= 11 is 0. The topological polar surface area (TPSA) is 29.5 Å². The monoisotopic (exact) mass is 456 g/mol. The first-order chi connectivity index (χ1) is 15.7. The van der Waals surface area contributed by atoms with Crippen LogP contribution in [0.1, 0.15) is 105 Å². The van der Waals surface area contributed by atoms with Crippen molar-refractivity contribution in [3.8, 4) is 0 Å². The van der Waals surface area contributed by atoms with Crippen molar-refractivity contribution in [2.45, 2.75) is 111 Å². The minimum Gasteiger partial charge on any atom is -0.474 e. The largest absolute Gasteiger partial charge is 0.474 e. The van der Waals surface area contributed by atoms with Crippen LogP contribution in [-0.4, -0.2) is 11.2 Å². The second kappa shape index (κ2) is 11.1. The van der Waals surface area contributed by atoms with E-state index in [1.807, 2.05) is 0 Å². The zero-order chi connectivity index (χ0) is 24.2. The zero-order valence-electron chi connectivity index (χ0n) is 22.3. The van der Waals surface area contributed by atoms with Crippen molar-refractivity contribution in [3.05, 3.63) is 37.3 Å². The average molecular weight is 457 g/mol. The number of ether oxygens (including phenoxy) is 1. The van der Waals surface area contributed by atoms with Crippen LogP contribution in [0.15, 0.2) is 37.3 Å². The SMILES string of the molecule is C=COC=C.CC(C)CCCC(C)[C@H]1CC[C@H]2[C@@H]3CC=C4C[C@@H](O)CC[C@]4(C)[C@H]3CC[C@]12C. The first kappa shape index (κ1) is 26.6. The van der Waals surface area contributed by atoms with Crippen molar-refractivity contribution in [1.29, 1.82) is 0 Å². The van der Waals surface area contributed by atoms with Crippen LogP contribution in [0.5, 0.6) is 0 Å². The molecule has 0 aromatic carbocycles. The molecule has 188 valence electrons. The van der Waals surface area contributed by atoms with Crippen molar-refractivity contribution in [3.63, 3.8) is 0 Å². The van der Waals surface area contributed by atoms with Crippen LogP contribution < -0.4 is 0 Å². The smallest absolute Gasteiger partial charge is 0.0829 e. The molecule has 4 rings (SSSR count). The van der Waals surface area contributed by atoms with Gasteiger partial charge >= 0.3 is 0 Å². The lowest BCUT2D eigenvalue weighted by Gasteiger charge is -2.58. The Labute approximate surface area is 205 Å². The van der Waals surface area contributed by atoms with Gasteiger partial charge in [-0.1, -0.05) is 78.7 Å². The third-order valence-corrected chi connectivity index (χ3v) is 10.5. The summed E-state index contributed by atoms with van der Waals surface area (Å²) in [5.41, 5.74) is 2.60. The lowest BCUT2D eigenvalue weighted by molar-refractivity contribution is -0.0573. The molecule has 0 amide bonds. The molecule has 4 aliphatic rings. The lowest BCUT2D eigenvalue weighted by atomic mass is 9.47. The van der Waals surface area contributed by atoms with Gasteiger partial charge in [0.1, 0.15) is 0 Å². The Kier molecular flexibility index (Phi) is 8.98. The Morgan fingerprint density at radius 3 is 2.39 bits per heavy atom. The van der Waals surface area contributed by atoms with Crippen molar-refractivity contribution >= 4 is 0 Å². The average Bonchev–Trinajstić information content (AvgIpc) is 3.12. The molecule has 0 heterocycles. The van der Waals surface area contributed by atoms with Crippen LogP contribution in [0.4, 0.5) is 0 Å². The molecular formula is C31H52O2. The Morgan fingerprint density at radius 1 is 1.03 bits per heavy atom. The van der Waals surface area contributed by atoms with Crippen LogP contribution in [0.3, 0.4) is 0 Å². The third-order valence-electron chi connectivity index (χ3n) is 10.5. The van der Waals surface area contributed by atoms with E-state index in [0.717, 1.165) is 48.3 Å². The first-order valence-corrected chi connectivity index (χ1v) is 13.9. The van der Waals surface area contributed by atoms with Gasteiger partial charge in [0.2, 0.25) is 0 Å². The molecular weight excluding hydrogens is 404 g/mol. The zero-order valence-corrected chi connectivity index (χ0v) is 22.3. The van der Waals surface area contributed by atoms with Crippen LogP contribution in [-0.2, 0) is 4.74 Å². The van der Waals surface area contributed by atoms with Crippen molar-refractivity contribution < 1.29 is 9.84 Å². The number of rotatable bonds is 7. The second-order valence-corrected chi connectivity index (χ2v) is 12.7. The van der Waals surface area contributed by atoms with E-state index in [0.29, 0.717) is 10.8 Å². The van der Waals surface area contributed by atoms with Crippen molar-refractivity contribution in [2.75, 3.05) is 0 Å². The lowest BCUT2D eigenvalue weighted by Crippen LogP contribution is -2.50. The molecule has 0 radical (unpaired) electrons. The Balaban J connectivity index is 0.000000555. The number of allylic oxidation sites excluding steroid dienone is 1. The van der Waals surface area contributed by atoms with Crippen LogP contribution in [0.2, 0.25) is 0 Å². The van der Waals surface area contributed by atoms with E-state index in [2.05, 4.69) is 58.6 Å². The predicted molar refractivity (Wildman–Crippen MR) is 141 cm³/mol. The van der Waals surface area contributed by atoms with E-state index < -0.39 is 0 Å². The van der Waals surface area contributed by atoms with Gasteiger partial charge in [0.15, 0.2) is 0 Å². The molecule has 1 N–H and O–H groups in total. The molecule has 8 atom stereocenters. The maximum atomic E-state index is 10.2. The van der Waals surface area contributed by atoms with Gasteiger partial charge in [0.25, 0.3) is 0 Å². The van der Waals surface area contributed by atoms with Crippen molar-refractivity contribution in [1.82, 2.24) is 0 Å². The highest BCUT2D eigenvalue weighted by molar-refractivity contribution is 5.25. The molecule has 0 aliphatic heterocycles. The fraction of sp³-hybridized carbons (Fsp3) is 0.806. The van der Waals surface area contributed by atoms with Crippen molar-refractivity contribution in [2.24, 2.45) is 46.3 Å². The fourth-order valence-electron chi connectivity index (χ4n) is 8.73. The molecule has 2 nitrogen and oxygen atoms in total. The van der Waals surface area contributed by atoms with Gasteiger partial charge in [-0.25, -0.2) is 0 Å². The van der Waals surface area contributed by atoms with Gasteiger partial charge in [0.05, 0.1) is 18.6 Å². The van der Waals surface area contributed by atoms with Gasteiger partial charge in [0, 0.05) is 0 Å². The Hall–Kier alpha value is -1.02. The van der Waals surface area contributed by atoms with Gasteiger partial charge in [-0.2, -0.15) is 0 Å². The number of hydrogen-bond donors (Lipinski definition) is 1. The van der Waals surface area contributed by atoms with Gasteiger partial charge < -0.3 is 9.84 Å². The fourth-order valence-corrected chi connectivity index (χ4v) is 8.73. The highest BCUT2D eigenvalue weighted by Crippen LogP contribution is 2.67. The van der Waals surface area contributed by atoms with E-state index in [1.54, 1.807) is 5.57 Å². The van der Waals surface area contributed by atoms with Crippen LogP contribution >= 0.6 is 0 Å². The highest BCUT2D eigenvalue weighted by Gasteiger charge is 2.59. The standard InChI is InChI=1S/C27H46O.C4H6O/c1-18(2)7-6-8-19(3)23-11-12-24-22-10-9-20-17-21(28)13-15-26(20,4)25(22)14-16-27(23,24)5;1-3-5-4-2/h9,18-19,21-25,28H,6-8,10-17H2,1-5H3;3-4H,1-2H2/t19?,21-,22-,23+,24-,25-,26-,27+;/m0./s1. The summed E-state index contributed by atoms with van der Waals surface area (Å²) in [6.45, 7) is 19.1. The summed E-state index contributed by atoms with van der Waals surface area (Å²) in [5, 5.41) is 10.2. The molecule has 4 aliphatic carbocycles. The maximum Gasteiger partial charge on any atom is 0.0829 e. The van der Waals surface area contributed by atoms with E-state index in [4.69, 9.17) is 0 Å². The van der Waals surface area contributed by atoms with E-state index in [-0.39, 0.29) is 6.10 Å². The summed E-state index contributed by atoms with van der Waals surface area (Å²) in [6.07, 6.45) is 19.8. The summed E-state index contributed by atoms with van der Waals surface area (Å²) < 4.78 is 4.36. The molecule has 0 aromatic rings. The molecule has 3 saturated carbocycles. The third kappa shape index (κ3) is 5.47. The first-order valence-electron chi connectivity index (χ1n) is 13.9. The molecule has 2 heteroatoms. The molecule has 0 spiro atoms. The summed E-state index contributed by atoms with van der Waals surface area (Å²) in [7, 11) is 0. The van der Waals surface area contributed by atoms with E-state index in [1.165, 1.54) is 70.3 Å². The summed E-state index contributed by atoms with van der Waals surface area (Å²) in [5.74, 6) is 5.46. The minimum absolute atomic E-state index is 0.0766. The van der Waals surface area contributed by atoms with Gasteiger partial charge in [-0.05, 0) is 97.7 Å². The molecule has 0 saturated heterocycles. The molecule has 0 bridgehead atoms. The van der Waals surface area contributed by atoms with E-state index >= 15 is 0 Å². The highest BCUT2D eigenvalue weighted by atomic mass is 16.5. The number of aliphatic hydroxyl groups excluding tert-OH is 1. The van der Waals surface area contributed by atoms with Gasteiger partial charge in [-0.15, -0.1) is 0 Å². The second-order valence-electron chi connectivity index (χ2n) is 12.7. The molecule has 1 unspecified atom stereocenters. The molecule has 3 fully saturated rings. The van der Waals surface area contributed by atoms with Gasteiger partial charge in [-0.3, -0.25) is 0 Å². The number of aliphatic hydroxyl groups is 1. The Bertz CT molecular complexity index is 687. The Morgan fingerprint density at radius 2 is 1.76 bits per heavy atom. The maximum absolute atomic E-state index is 10.2.